The topological polar surface area (TPSA) is 84.2 Å². The van der Waals surface area contributed by atoms with E-state index < -0.39 is 0 Å². The lowest BCUT2D eigenvalue weighted by Crippen LogP contribution is -2.34. The van der Waals surface area contributed by atoms with Crippen LogP contribution in [-0.2, 0) is 17.8 Å². The zero-order chi connectivity index (χ0) is 21.1. The molecule has 158 valence electrons. The molecule has 0 atom stereocenters. The number of piperidine rings is 1. The number of benzene rings is 1. The van der Waals surface area contributed by atoms with Crippen LogP contribution < -0.4 is 10.2 Å². The molecule has 0 saturated carbocycles. The second kappa shape index (κ2) is 8.81. The maximum Gasteiger partial charge on any atom is 0.263 e. The van der Waals surface area contributed by atoms with Crippen molar-refractivity contribution in [2.24, 2.45) is 5.92 Å². The van der Waals surface area contributed by atoms with E-state index in [4.69, 9.17) is 9.51 Å². The predicted octanol–water partition coefficient (Wildman–Crippen LogP) is 3.72. The summed E-state index contributed by atoms with van der Waals surface area (Å²) in [6.07, 6.45) is 3.09. The molecule has 4 rings (SSSR count). The number of amides is 1. The number of carbonyl (C=O) groups excluding carboxylic acids is 1. The standard InChI is InChI=1S/C23H29N5O2/c1-15-10-12-28(13-11-15)22-21-17(3)27-30-23(21)26-19(25-22)8-9-20(29)24-14-18-7-5-4-6-16(18)2/h4-7,15H,8-14H2,1-3H3,(H,24,29). The van der Waals surface area contributed by atoms with Crippen molar-refractivity contribution in [3.8, 4) is 0 Å². The summed E-state index contributed by atoms with van der Waals surface area (Å²) in [7, 11) is 0. The van der Waals surface area contributed by atoms with Gasteiger partial charge in [-0.2, -0.15) is 4.98 Å². The molecule has 1 fully saturated rings. The molecule has 0 bridgehead atoms. The summed E-state index contributed by atoms with van der Waals surface area (Å²) in [5.41, 5.74) is 3.61. The second-order valence-corrected chi connectivity index (χ2v) is 8.28. The van der Waals surface area contributed by atoms with E-state index in [1.54, 1.807) is 0 Å². The molecule has 1 N–H and O–H groups in total. The molecule has 7 nitrogen and oxygen atoms in total. The van der Waals surface area contributed by atoms with E-state index in [2.05, 4.69) is 27.3 Å². The Kier molecular flexibility index (Phi) is 5.97. The quantitative estimate of drug-likeness (QED) is 0.670. The zero-order valence-electron chi connectivity index (χ0n) is 17.9. The normalized spacial score (nSPS) is 15.0. The number of nitrogens with one attached hydrogen (secondary N) is 1. The fourth-order valence-corrected chi connectivity index (χ4v) is 3.89. The summed E-state index contributed by atoms with van der Waals surface area (Å²) < 4.78 is 5.44. The third-order valence-corrected chi connectivity index (χ3v) is 5.93. The van der Waals surface area contributed by atoms with Gasteiger partial charge in [-0.25, -0.2) is 4.98 Å². The van der Waals surface area contributed by atoms with Crippen molar-refractivity contribution in [1.82, 2.24) is 20.4 Å². The predicted molar refractivity (Wildman–Crippen MR) is 116 cm³/mol. The fourth-order valence-electron chi connectivity index (χ4n) is 3.89. The van der Waals surface area contributed by atoms with Crippen molar-refractivity contribution in [3.63, 3.8) is 0 Å². The number of hydrogen-bond donors (Lipinski definition) is 1. The van der Waals surface area contributed by atoms with E-state index in [0.29, 0.717) is 30.9 Å². The lowest BCUT2D eigenvalue weighted by Gasteiger charge is -2.31. The van der Waals surface area contributed by atoms with Gasteiger partial charge in [0.25, 0.3) is 5.71 Å². The van der Waals surface area contributed by atoms with Crippen LogP contribution in [0.1, 0.15) is 48.8 Å². The first kappa shape index (κ1) is 20.3. The average molecular weight is 408 g/mol. The van der Waals surface area contributed by atoms with Crippen molar-refractivity contribution in [2.75, 3.05) is 18.0 Å². The van der Waals surface area contributed by atoms with Crippen LogP contribution in [0, 0.1) is 19.8 Å². The maximum atomic E-state index is 12.4. The number of hydrogen-bond acceptors (Lipinski definition) is 6. The number of anilines is 1. The van der Waals surface area contributed by atoms with Crippen LogP contribution >= 0.6 is 0 Å². The number of carbonyl (C=O) groups is 1. The van der Waals surface area contributed by atoms with Crippen LogP contribution in [0.15, 0.2) is 28.8 Å². The van der Waals surface area contributed by atoms with Crippen molar-refractivity contribution >= 4 is 22.8 Å². The smallest absolute Gasteiger partial charge is 0.263 e. The molecule has 30 heavy (non-hydrogen) atoms. The van der Waals surface area contributed by atoms with Gasteiger partial charge in [-0.3, -0.25) is 4.79 Å². The Labute approximate surface area is 176 Å². The molecular weight excluding hydrogens is 378 g/mol. The van der Waals surface area contributed by atoms with Crippen LogP contribution in [0.2, 0.25) is 0 Å². The highest BCUT2D eigenvalue weighted by Crippen LogP contribution is 2.30. The molecule has 0 aliphatic carbocycles. The van der Waals surface area contributed by atoms with Gasteiger partial charge in [-0.15, -0.1) is 0 Å². The first-order valence-electron chi connectivity index (χ1n) is 10.7. The van der Waals surface area contributed by atoms with Gasteiger partial charge in [-0.1, -0.05) is 36.3 Å². The van der Waals surface area contributed by atoms with Gasteiger partial charge in [0.2, 0.25) is 5.91 Å². The van der Waals surface area contributed by atoms with E-state index in [-0.39, 0.29) is 5.91 Å². The second-order valence-electron chi connectivity index (χ2n) is 8.28. The molecule has 1 saturated heterocycles. The number of nitrogens with zero attached hydrogens (tertiary/aromatic N) is 4. The van der Waals surface area contributed by atoms with Gasteiger partial charge in [0.15, 0.2) is 0 Å². The number of aromatic nitrogens is 3. The van der Waals surface area contributed by atoms with E-state index >= 15 is 0 Å². The first-order valence-corrected chi connectivity index (χ1v) is 10.7. The molecule has 1 amide bonds. The Bertz CT molecular complexity index is 1040. The van der Waals surface area contributed by atoms with Crippen LogP contribution in [0.25, 0.3) is 11.1 Å². The Morgan fingerprint density at radius 3 is 2.73 bits per heavy atom. The molecule has 1 aromatic carbocycles. The molecular formula is C23H29N5O2. The van der Waals surface area contributed by atoms with Gasteiger partial charge in [-0.05, 0) is 43.7 Å². The van der Waals surface area contributed by atoms with Crippen LogP contribution in [0.4, 0.5) is 5.82 Å². The van der Waals surface area contributed by atoms with E-state index in [1.165, 1.54) is 5.56 Å². The summed E-state index contributed by atoms with van der Waals surface area (Å²) in [5.74, 6) is 2.24. The summed E-state index contributed by atoms with van der Waals surface area (Å²) in [5, 5.41) is 7.97. The highest BCUT2D eigenvalue weighted by atomic mass is 16.5. The minimum absolute atomic E-state index is 0.0101. The summed E-state index contributed by atoms with van der Waals surface area (Å²) in [6.45, 7) is 8.72. The Hall–Kier alpha value is -2.96. The molecule has 0 unspecified atom stereocenters. The van der Waals surface area contributed by atoms with Crippen LogP contribution in [0.3, 0.4) is 0 Å². The van der Waals surface area contributed by atoms with Crippen molar-refractivity contribution < 1.29 is 9.32 Å². The van der Waals surface area contributed by atoms with E-state index in [9.17, 15) is 4.79 Å². The molecule has 1 aliphatic heterocycles. The van der Waals surface area contributed by atoms with E-state index in [0.717, 1.165) is 54.3 Å². The molecule has 3 aromatic rings. The van der Waals surface area contributed by atoms with Gasteiger partial charge < -0.3 is 14.7 Å². The molecule has 1 aliphatic rings. The highest BCUT2D eigenvalue weighted by molar-refractivity contribution is 5.88. The number of aryl methyl sites for hydroxylation is 3. The largest absolute Gasteiger partial charge is 0.356 e. The Morgan fingerprint density at radius 2 is 1.97 bits per heavy atom. The van der Waals surface area contributed by atoms with Crippen molar-refractivity contribution in [2.45, 2.75) is 53.0 Å². The summed E-state index contributed by atoms with van der Waals surface area (Å²) in [6, 6.07) is 8.07. The van der Waals surface area contributed by atoms with Crippen LogP contribution in [0.5, 0.6) is 0 Å². The Morgan fingerprint density at radius 1 is 1.20 bits per heavy atom. The van der Waals surface area contributed by atoms with Gasteiger partial charge >= 0.3 is 0 Å². The van der Waals surface area contributed by atoms with Gasteiger partial charge in [0.05, 0.1) is 5.69 Å². The fraction of sp³-hybridized carbons (Fsp3) is 0.478. The third-order valence-electron chi connectivity index (χ3n) is 5.93. The minimum atomic E-state index is -0.0101. The average Bonchev–Trinajstić information content (AvgIpc) is 3.12. The van der Waals surface area contributed by atoms with Gasteiger partial charge in [0.1, 0.15) is 17.0 Å². The molecule has 0 spiro atoms. The first-order chi connectivity index (χ1) is 14.5. The monoisotopic (exact) mass is 407 g/mol. The third kappa shape index (κ3) is 4.45. The highest BCUT2D eigenvalue weighted by Gasteiger charge is 2.23. The lowest BCUT2D eigenvalue weighted by atomic mass is 9.99. The number of rotatable bonds is 6. The van der Waals surface area contributed by atoms with E-state index in [1.807, 2.05) is 38.1 Å². The van der Waals surface area contributed by atoms with Crippen LogP contribution in [-0.4, -0.2) is 34.1 Å². The lowest BCUT2D eigenvalue weighted by molar-refractivity contribution is -0.121. The maximum absolute atomic E-state index is 12.4. The van der Waals surface area contributed by atoms with Crippen molar-refractivity contribution in [1.29, 1.82) is 0 Å². The SMILES string of the molecule is Cc1ccccc1CNC(=O)CCc1nc(N2CCC(C)CC2)c2c(C)noc2n1. The number of fused-ring (bicyclic) bond motifs is 1. The Balaban J connectivity index is 1.45. The summed E-state index contributed by atoms with van der Waals surface area (Å²) in [4.78, 5) is 24.0. The molecule has 3 heterocycles. The zero-order valence-corrected chi connectivity index (χ0v) is 17.9. The molecule has 7 heteroatoms. The molecule has 0 radical (unpaired) electrons. The molecule has 2 aromatic heterocycles. The minimum Gasteiger partial charge on any atom is -0.356 e. The van der Waals surface area contributed by atoms with Gasteiger partial charge in [0, 0.05) is 32.5 Å². The van der Waals surface area contributed by atoms with Crippen molar-refractivity contribution in [3.05, 3.63) is 46.9 Å². The summed E-state index contributed by atoms with van der Waals surface area (Å²) >= 11 is 0.